The van der Waals surface area contributed by atoms with Gasteiger partial charge in [0, 0.05) is 5.75 Å². The van der Waals surface area contributed by atoms with Crippen LogP contribution in [-0.4, -0.2) is 45.1 Å². The molecule has 1 N–H and O–H groups in total. The van der Waals surface area contributed by atoms with Crippen molar-refractivity contribution < 1.29 is 22.7 Å². The van der Waals surface area contributed by atoms with Crippen LogP contribution in [0.25, 0.3) is 0 Å². The zero-order valence-corrected chi connectivity index (χ0v) is 12.6. The molecule has 108 valence electrons. The van der Waals surface area contributed by atoms with Gasteiger partial charge in [-0.3, -0.25) is 4.79 Å². The normalized spacial score (nSPS) is 10.8. The Morgan fingerprint density at radius 2 is 1.83 bits per heavy atom. The summed E-state index contributed by atoms with van der Waals surface area (Å²) in [5, 5.41) is 0. The number of carbonyl (C=O) groups excluding carboxylic acids is 1. The summed E-state index contributed by atoms with van der Waals surface area (Å²) in [5.74, 6) is -0.0371. The first kappa shape index (κ1) is 19.6. The minimum absolute atomic E-state index is 0.182. The van der Waals surface area contributed by atoms with E-state index in [9.17, 15) is 17.8 Å². The van der Waals surface area contributed by atoms with E-state index >= 15 is 0 Å². The molecule has 0 aromatic heterocycles. The highest BCUT2D eigenvalue weighted by Gasteiger charge is 2.03. The Kier molecular flexibility index (Phi) is 11.1. The smallest absolute Gasteiger partial charge is 0.163 e. The van der Waals surface area contributed by atoms with E-state index < -0.39 is 10.1 Å². The third-order valence-electron chi connectivity index (χ3n) is 2.08. The van der Waals surface area contributed by atoms with E-state index in [1.807, 2.05) is 21.0 Å². The fourth-order valence-corrected chi connectivity index (χ4v) is 1.54. The fourth-order valence-electron chi connectivity index (χ4n) is 0.898. The quantitative estimate of drug-likeness (QED) is 0.525. The van der Waals surface area contributed by atoms with Crippen molar-refractivity contribution in [3.8, 4) is 0 Å². The van der Waals surface area contributed by atoms with Crippen LogP contribution in [0.2, 0.25) is 0 Å². The number of rotatable bonds is 7. The topological polar surface area (TPSA) is 78.7 Å². The number of allylic oxidation sites excluding steroid dienone is 1. The Hall–Kier alpha value is -0.720. The molecule has 0 atom stereocenters. The standard InChI is InChI=1S/C8H15NO.C4H10O3S/c1-7(2)8(10)5-6-9(3)4;1-2-3-4-8(5,6)7/h1,5-6H2,2-4H3;2-4H2,1H3,(H,5,6,7). The maximum atomic E-state index is 10.9. The van der Waals surface area contributed by atoms with Crippen LogP contribution in [0.4, 0.5) is 0 Å². The van der Waals surface area contributed by atoms with Crippen LogP contribution in [-0.2, 0) is 14.9 Å². The Morgan fingerprint density at radius 3 is 2.06 bits per heavy atom. The molecule has 0 rings (SSSR count). The van der Waals surface area contributed by atoms with Crippen molar-refractivity contribution in [3.05, 3.63) is 12.2 Å². The number of carbonyl (C=O) groups is 1. The van der Waals surface area contributed by atoms with E-state index in [0.717, 1.165) is 13.0 Å². The number of ketones is 1. The van der Waals surface area contributed by atoms with Gasteiger partial charge in [0.15, 0.2) is 5.78 Å². The van der Waals surface area contributed by atoms with Crippen LogP contribution in [0, 0.1) is 0 Å². The number of nitrogens with one attached hydrogen (secondary N) is 1. The summed E-state index contributed by atoms with van der Waals surface area (Å²) in [6.45, 7) is 8.06. The van der Waals surface area contributed by atoms with Crippen molar-refractivity contribution in [2.45, 2.75) is 33.1 Å². The van der Waals surface area contributed by atoms with Gasteiger partial charge in [0.25, 0.3) is 0 Å². The van der Waals surface area contributed by atoms with Crippen LogP contribution in [0.5, 0.6) is 0 Å². The summed E-state index contributed by atoms with van der Waals surface area (Å²) < 4.78 is 29.5. The second-order valence-electron chi connectivity index (χ2n) is 4.53. The van der Waals surface area contributed by atoms with Gasteiger partial charge < -0.3 is 9.45 Å². The van der Waals surface area contributed by atoms with Crippen LogP contribution in [0.3, 0.4) is 0 Å². The van der Waals surface area contributed by atoms with E-state index in [-0.39, 0.29) is 11.5 Å². The lowest BCUT2D eigenvalue weighted by Crippen LogP contribution is -3.05. The lowest BCUT2D eigenvalue weighted by molar-refractivity contribution is -0.857. The predicted molar refractivity (Wildman–Crippen MR) is 71.6 cm³/mol. The number of Topliss-reactive ketones (excluding diaryl/α,β-unsaturated/α-hetero) is 1. The first-order valence-corrected chi connectivity index (χ1v) is 7.59. The molecule has 0 heterocycles. The highest BCUT2D eigenvalue weighted by Crippen LogP contribution is 1.92. The van der Waals surface area contributed by atoms with E-state index in [1.54, 1.807) is 6.92 Å². The monoisotopic (exact) mass is 279 g/mol. The summed E-state index contributed by atoms with van der Waals surface area (Å²) in [5.41, 5.74) is 0.668. The molecule has 0 bridgehead atoms. The summed E-state index contributed by atoms with van der Waals surface area (Å²) >= 11 is 0. The van der Waals surface area contributed by atoms with Crippen molar-refractivity contribution in [1.29, 1.82) is 0 Å². The minimum atomic E-state index is -3.94. The molecule has 0 aromatic rings. The Morgan fingerprint density at radius 1 is 1.33 bits per heavy atom. The number of unbranched alkanes of at least 4 members (excludes halogenated alkanes) is 1. The summed E-state index contributed by atoms with van der Waals surface area (Å²) in [4.78, 5) is 12.2. The van der Waals surface area contributed by atoms with Gasteiger partial charge in [-0.05, 0) is 18.9 Å². The second-order valence-corrected chi connectivity index (χ2v) is 6.05. The first-order chi connectivity index (χ1) is 8.10. The minimum Gasteiger partial charge on any atom is -0.748 e. The highest BCUT2D eigenvalue weighted by atomic mass is 32.2. The molecule has 0 fully saturated rings. The molecule has 0 unspecified atom stereocenters. The predicted octanol–water partition coefficient (Wildman–Crippen LogP) is -0.00210. The molecule has 0 saturated carbocycles. The largest absolute Gasteiger partial charge is 0.748 e. The lowest BCUT2D eigenvalue weighted by atomic mass is 10.1. The van der Waals surface area contributed by atoms with Gasteiger partial charge in [-0.15, -0.1) is 0 Å². The zero-order chi connectivity index (χ0) is 14.8. The number of hydrogen-bond acceptors (Lipinski definition) is 4. The van der Waals surface area contributed by atoms with Gasteiger partial charge in [-0.1, -0.05) is 19.9 Å². The van der Waals surface area contributed by atoms with Crippen molar-refractivity contribution in [3.63, 3.8) is 0 Å². The molecule has 0 aliphatic carbocycles. The maximum Gasteiger partial charge on any atom is 0.163 e. The molecular formula is C12H25NO4S. The number of quaternary nitrogens is 1. The van der Waals surface area contributed by atoms with Crippen molar-refractivity contribution in [1.82, 2.24) is 0 Å². The fraction of sp³-hybridized carbons (Fsp3) is 0.750. The lowest BCUT2D eigenvalue weighted by Gasteiger charge is -2.04. The summed E-state index contributed by atoms with van der Waals surface area (Å²) in [6, 6.07) is 0. The third kappa shape index (κ3) is 17.7. The molecule has 0 spiro atoms. The van der Waals surface area contributed by atoms with Crippen LogP contribution in [0.15, 0.2) is 12.2 Å². The van der Waals surface area contributed by atoms with Crippen molar-refractivity contribution >= 4 is 15.9 Å². The van der Waals surface area contributed by atoms with Crippen LogP contribution < -0.4 is 4.90 Å². The van der Waals surface area contributed by atoms with Crippen molar-refractivity contribution in [2.75, 3.05) is 26.4 Å². The van der Waals surface area contributed by atoms with Crippen molar-refractivity contribution in [2.24, 2.45) is 0 Å². The van der Waals surface area contributed by atoms with Gasteiger partial charge in [0.1, 0.15) is 0 Å². The molecular weight excluding hydrogens is 254 g/mol. The SMILES string of the molecule is C=C(C)C(=O)CC[NH+](C)C.CCCCS(=O)(=O)[O-]. The van der Waals surface area contributed by atoms with E-state index in [0.29, 0.717) is 18.4 Å². The van der Waals surface area contributed by atoms with E-state index in [4.69, 9.17) is 0 Å². The van der Waals surface area contributed by atoms with Gasteiger partial charge in [-0.2, -0.15) is 0 Å². The molecule has 0 aromatic carbocycles. The molecule has 0 radical (unpaired) electrons. The Bertz CT molecular complexity index is 347. The van der Waals surface area contributed by atoms with Gasteiger partial charge in [0.2, 0.25) is 0 Å². The molecule has 0 aliphatic heterocycles. The van der Waals surface area contributed by atoms with Gasteiger partial charge in [0.05, 0.1) is 37.2 Å². The summed E-state index contributed by atoms with van der Waals surface area (Å²) in [6.07, 6.45) is 1.85. The third-order valence-corrected chi connectivity index (χ3v) is 2.86. The van der Waals surface area contributed by atoms with Crippen LogP contribution in [0.1, 0.15) is 33.1 Å². The summed E-state index contributed by atoms with van der Waals surface area (Å²) in [7, 11) is 0.131. The Labute approximate surface area is 111 Å². The molecule has 0 amide bonds. The average molecular weight is 279 g/mol. The zero-order valence-electron chi connectivity index (χ0n) is 11.8. The molecule has 6 heteroatoms. The molecule has 18 heavy (non-hydrogen) atoms. The van der Waals surface area contributed by atoms with E-state index in [2.05, 4.69) is 6.58 Å². The molecule has 5 nitrogen and oxygen atoms in total. The average Bonchev–Trinajstić information content (AvgIpc) is 2.22. The first-order valence-electron chi connectivity index (χ1n) is 6.01. The number of hydrogen-bond donors (Lipinski definition) is 1. The maximum absolute atomic E-state index is 10.9. The molecule has 0 saturated heterocycles. The van der Waals surface area contributed by atoms with Crippen LogP contribution >= 0.6 is 0 Å². The van der Waals surface area contributed by atoms with E-state index in [1.165, 1.54) is 4.90 Å². The Balaban J connectivity index is 0. The highest BCUT2D eigenvalue weighted by molar-refractivity contribution is 7.85. The van der Waals surface area contributed by atoms with Gasteiger partial charge >= 0.3 is 0 Å². The molecule has 0 aliphatic rings. The second kappa shape index (κ2) is 10.2. The van der Waals surface area contributed by atoms with Gasteiger partial charge in [-0.25, -0.2) is 8.42 Å².